The average molecular weight is 292 g/mol. The van der Waals surface area contributed by atoms with Gasteiger partial charge in [0.1, 0.15) is 5.69 Å². The summed E-state index contributed by atoms with van der Waals surface area (Å²) in [7, 11) is 0. The minimum absolute atomic E-state index is 0.0284. The fourth-order valence-corrected chi connectivity index (χ4v) is 2.58. The number of benzene rings is 1. The van der Waals surface area contributed by atoms with E-state index in [1.54, 1.807) is 6.07 Å². The zero-order valence-corrected chi connectivity index (χ0v) is 12.0. The van der Waals surface area contributed by atoms with Gasteiger partial charge in [0.15, 0.2) is 0 Å². The van der Waals surface area contributed by atoms with Gasteiger partial charge in [-0.05, 0) is 37.9 Å². The number of amides is 1. The first-order valence-corrected chi connectivity index (χ1v) is 7.08. The molecule has 1 aliphatic heterocycles. The molecule has 1 aliphatic rings. The highest BCUT2D eigenvalue weighted by Gasteiger charge is 2.27. The van der Waals surface area contributed by atoms with Crippen molar-refractivity contribution in [3.63, 3.8) is 0 Å². The Hall–Kier alpha value is -2.15. The van der Waals surface area contributed by atoms with Crippen molar-refractivity contribution in [2.45, 2.75) is 13.3 Å². The van der Waals surface area contributed by atoms with Gasteiger partial charge in [-0.15, -0.1) is 0 Å². The molecule has 114 valence electrons. The molecule has 0 spiro atoms. The molecule has 1 unspecified atom stereocenters. The fraction of sp³-hybridized carbons (Fsp3) is 0.500. The van der Waals surface area contributed by atoms with Crippen LogP contribution in [0.3, 0.4) is 0 Å². The lowest BCUT2D eigenvalue weighted by Gasteiger charge is -2.19. The minimum atomic E-state index is -0.410. The average Bonchev–Trinajstić information content (AvgIpc) is 2.95. The standard InChI is InChI=1S/C14H20N4O3/c1-2-16-14(19)11-3-4-12(18(20)21)13(7-11)17-6-5-10(8-15)9-17/h3-4,7,10H,2,5-6,8-9,15H2,1H3,(H,16,19). The normalized spacial score (nSPS) is 17.8. The summed E-state index contributed by atoms with van der Waals surface area (Å²) < 4.78 is 0. The molecule has 7 heteroatoms. The number of rotatable bonds is 5. The predicted molar refractivity (Wildman–Crippen MR) is 80.5 cm³/mol. The van der Waals surface area contributed by atoms with Crippen molar-refractivity contribution in [3.8, 4) is 0 Å². The molecule has 0 aromatic heterocycles. The van der Waals surface area contributed by atoms with Crippen LogP contribution in [-0.2, 0) is 0 Å². The number of hydrogen-bond acceptors (Lipinski definition) is 5. The number of carbonyl (C=O) groups is 1. The van der Waals surface area contributed by atoms with Gasteiger partial charge >= 0.3 is 0 Å². The van der Waals surface area contributed by atoms with Gasteiger partial charge in [0.05, 0.1) is 4.92 Å². The fourth-order valence-electron chi connectivity index (χ4n) is 2.58. The second kappa shape index (κ2) is 6.53. The molecule has 2 rings (SSSR count). The lowest BCUT2D eigenvalue weighted by Crippen LogP contribution is -2.25. The number of hydrogen-bond donors (Lipinski definition) is 2. The van der Waals surface area contributed by atoms with Crippen molar-refractivity contribution in [2.24, 2.45) is 11.7 Å². The molecule has 1 aromatic rings. The van der Waals surface area contributed by atoms with E-state index in [0.717, 1.165) is 13.0 Å². The molecule has 1 saturated heterocycles. The monoisotopic (exact) mass is 292 g/mol. The van der Waals surface area contributed by atoms with Crippen LogP contribution in [0, 0.1) is 16.0 Å². The molecule has 1 amide bonds. The van der Waals surface area contributed by atoms with Gasteiger partial charge in [-0.1, -0.05) is 0 Å². The molecule has 0 bridgehead atoms. The maximum absolute atomic E-state index is 11.9. The van der Waals surface area contributed by atoms with E-state index < -0.39 is 4.92 Å². The molecule has 0 aliphatic carbocycles. The van der Waals surface area contributed by atoms with Crippen molar-refractivity contribution in [1.82, 2.24) is 5.32 Å². The second-order valence-electron chi connectivity index (χ2n) is 5.16. The lowest BCUT2D eigenvalue weighted by molar-refractivity contribution is -0.384. The molecule has 1 atom stereocenters. The molecule has 1 aromatic carbocycles. The third-order valence-corrected chi connectivity index (χ3v) is 3.73. The van der Waals surface area contributed by atoms with Crippen molar-refractivity contribution in [2.75, 3.05) is 31.1 Å². The number of nitro benzene ring substituents is 1. The largest absolute Gasteiger partial charge is 0.366 e. The first-order valence-electron chi connectivity index (χ1n) is 7.08. The smallest absolute Gasteiger partial charge is 0.292 e. The summed E-state index contributed by atoms with van der Waals surface area (Å²) in [6, 6.07) is 4.49. The summed E-state index contributed by atoms with van der Waals surface area (Å²) in [6.45, 7) is 4.33. The number of carbonyl (C=O) groups excluding carboxylic acids is 1. The first kappa shape index (κ1) is 15.2. The van der Waals surface area contributed by atoms with E-state index in [4.69, 9.17) is 5.73 Å². The van der Waals surface area contributed by atoms with Crippen molar-refractivity contribution in [3.05, 3.63) is 33.9 Å². The van der Waals surface area contributed by atoms with E-state index in [0.29, 0.717) is 36.8 Å². The first-order chi connectivity index (χ1) is 10.1. The van der Waals surface area contributed by atoms with Crippen molar-refractivity contribution < 1.29 is 9.72 Å². The van der Waals surface area contributed by atoms with Gasteiger partial charge < -0.3 is 16.0 Å². The molecule has 0 saturated carbocycles. The van der Waals surface area contributed by atoms with Crippen LogP contribution in [0.2, 0.25) is 0 Å². The molecular formula is C14H20N4O3. The molecular weight excluding hydrogens is 272 g/mol. The summed E-state index contributed by atoms with van der Waals surface area (Å²) >= 11 is 0. The van der Waals surface area contributed by atoms with Crippen LogP contribution in [0.5, 0.6) is 0 Å². The van der Waals surface area contributed by atoms with Crippen LogP contribution < -0.4 is 16.0 Å². The number of nitrogens with one attached hydrogen (secondary N) is 1. The van der Waals surface area contributed by atoms with Gasteiger partial charge in [-0.3, -0.25) is 14.9 Å². The molecule has 21 heavy (non-hydrogen) atoms. The molecule has 7 nitrogen and oxygen atoms in total. The van der Waals surface area contributed by atoms with Gasteiger partial charge in [0.25, 0.3) is 11.6 Å². The molecule has 1 fully saturated rings. The number of nitrogens with two attached hydrogens (primary N) is 1. The maximum Gasteiger partial charge on any atom is 0.292 e. The predicted octanol–water partition coefficient (Wildman–Crippen LogP) is 1.13. The second-order valence-corrected chi connectivity index (χ2v) is 5.16. The summed E-state index contributed by atoms with van der Waals surface area (Å²) in [6.07, 6.45) is 0.916. The zero-order chi connectivity index (χ0) is 15.4. The summed E-state index contributed by atoms with van der Waals surface area (Å²) in [5, 5.41) is 13.9. The van der Waals surface area contributed by atoms with Crippen LogP contribution in [0.25, 0.3) is 0 Å². The van der Waals surface area contributed by atoms with Gasteiger partial charge in [-0.25, -0.2) is 0 Å². The number of nitrogens with zero attached hydrogens (tertiary/aromatic N) is 2. The highest BCUT2D eigenvalue weighted by atomic mass is 16.6. The van der Waals surface area contributed by atoms with E-state index in [9.17, 15) is 14.9 Å². The Balaban J connectivity index is 2.34. The van der Waals surface area contributed by atoms with Crippen molar-refractivity contribution >= 4 is 17.3 Å². The van der Waals surface area contributed by atoms with Crippen LogP contribution in [-0.4, -0.2) is 37.0 Å². The molecule has 3 N–H and O–H groups in total. The maximum atomic E-state index is 11.9. The van der Waals surface area contributed by atoms with Gasteiger partial charge in [0.2, 0.25) is 0 Å². The quantitative estimate of drug-likeness (QED) is 0.625. The van der Waals surface area contributed by atoms with Gasteiger partial charge in [0, 0.05) is 31.3 Å². The topological polar surface area (TPSA) is 101 Å². The SMILES string of the molecule is CCNC(=O)c1ccc([N+](=O)[O-])c(N2CCC(CN)C2)c1. The van der Waals surface area contributed by atoms with Crippen LogP contribution in [0.1, 0.15) is 23.7 Å². The highest BCUT2D eigenvalue weighted by Crippen LogP contribution is 2.33. The van der Waals surface area contributed by atoms with E-state index in [1.165, 1.54) is 12.1 Å². The Labute approximate surface area is 123 Å². The van der Waals surface area contributed by atoms with E-state index in [2.05, 4.69) is 5.32 Å². The van der Waals surface area contributed by atoms with Gasteiger partial charge in [-0.2, -0.15) is 0 Å². The number of anilines is 1. The Morgan fingerprint density at radius 3 is 2.90 bits per heavy atom. The molecule has 1 heterocycles. The van der Waals surface area contributed by atoms with Crippen LogP contribution in [0.4, 0.5) is 11.4 Å². The number of nitro groups is 1. The minimum Gasteiger partial charge on any atom is -0.366 e. The lowest BCUT2D eigenvalue weighted by atomic mass is 10.1. The Morgan fingerprint density at radius 2 is 2.33 bits per heavy atom. The Bertz CT molecular complexity index is 547. The van der Waals surface area contributed by atoms with Crippen LogP contribution >= 0.6 is 0 Å². The molecule has 0 radical (unpaired) electrons. The van der Waals surface area contributed by atoms with E-state index >= 15 is 0 Å². The summed E-state index contributed by atoms with van der Waals surface area (Å²) in [5.41, 5.74) is 6.63. The zero-order valence-electron chi connectivity index (χ0n) is 12.0. The van der Waals surface area contributed by atoms with E-state index in [-0.39, 0.29) is 11.6 Å². The Morgan fingerprint density at radius 1 is 1.57 bits per heavy atom. The Kier molecular flexibility index (Phi) is 4.74. The van der Waals surface area contributed by atoms with E-state index in [1.807, 2.05) is 11.8 Å². The third kappa shape index (κ3) is 3.30. The van der Waals surface area contributed by atoms with Crippen molar-refractivity contribution in [1.29, 1.82) is 0 Å². The summed E-state index contributed by atoms with van der Waals surface area (Å²) in [4.78, 5) is 24.6. The highest BCUT2D eigenvalue weighted by molar-refractivity contribution is 5.96. The van der Waals surface area contributed by atoms with Crippen LogP contribution in [0.15, 0.2) is 18.2 Å². The third-order valence-electron chi connectivity index (χ3n) is 3.73. The summed E-state index contributed by atoms with van der Waals surface area (Å²) in [5.74, 6) is 0.126.